The molecule has 0 bridgehead atoms. The molecule has 1 amide bonds. The average Bonchev–Trinajstić information content (AvgIpc) is 2.89. The number of hydrogen-bond acceptors (Lipinski definition) is 4. The minimum atomic E-state index is -3.98. The second kappa shape index (κ2) is 6.12. The fraction of sp³-hybridized carbons (Fsp3) is 0.0833. The zero-order valence-corrected chi connectivity index (χ0v) is 11.8. The Kier molecular flexibility index (Phi) is 4.48. The zero-order chi connectivity index (χ0) is 14.6. The smallest absolute Gasteiger partial charge is 0.257 e. The molecule has 0 aliphatic heterocycles. The Labute approximate surface area is 119 Å². The molecule has 20 heavy (non-hydrogen) atoms. The number of benzene rings is 1. The average molecular weight is 314 g/mol. The van der Waals surface area contributed by atoms with Crippen LogP contribution in [-0.2, 0) is 21.2 Å². The van der Waals surface area contributed by atoms with Crippen LogP contribution in [0.25, 0.3) is 0 Å². The molecule has 0 radical (unpaired) electrons. The summed E-state index contributed by atoms with van der Waals surface area (Å²) in [6.07, 6.45) is 0.0728. The van der Waals surface area contributed by atoms with Crippen LogP contribution in [0, 0.1) is 5.82 Å². The maximum Gasteiger partial charge on any atom is 0.257 e. The first-order valence-corrected chi connectivity index (χ1v) is 7.92. The van der Waals surface area contributed by atoms with Crippen molar-refractivity contribution < 1.29 is 17.6 Å². The van der Waals surface area contributed by atoms with Crippen LogP contribution in [-0.4, -0.2) is 14.3 Å². The van der Waals surface area contributed by atoms with Crippen LogP contribution < -0.4 is 10.3 Å². The fourth-order valence-corrected chi connectivity index (χ4v) is 3.03. The topological polar surface area (TPSA) is 75.3 Å². The van der Waals surface area contributed by atoms with E-state index in [0.717, 1.165) is 17.0 Å². The molecule has 0 saturated carbocycles. The highest BCUT2D eigenvalue weighted by molar-refractivity contribution is 7.89. The predicted molar refractivity (Wildman–Crippen MR) is 72.9 cm³/mol. The molecule has 2 N–H and O–H groups in total. The van der Waals surface area contributed by atoms with Crippen LogP contribution in [0.2, 0.25) is 0 Å². The number of hydrazine groups is 1. The summed E-state index contributed by atoms with van der Waals surface area (Å²) in [5.74, 6) is -1.16. The molecule has 1 heterocycles. The lowest BCUT2D eigenvalue weighted by Crippen LogP contribution is -2.42. The van der Waals surface area contributed by atoms with Gasteiger partial charge in [-0.25, -0.2) is 12.8 Å². The quantitative estimate of drug-likeness (QED) is 0.820. The van der Waals surface area contributed by atoms with Crippen LogP contribution in [0.4, 0.5) is 4.39 Å². The van der Waals surface area contributed by atoms with Crippen LogP contribution in [0.1, 0.15) is 4.88 Å². The maximum absolute atomic E-state index is 13.0. The second-order valence-electron chi connectivity index (χ2n) is 3.87. The molecule has 0 unspecified atom stereocenters. The summed E-state index contributed by atoms with van der Waals surface area (Å²) in [4.78, 5) is 14.0. The SMILES string of the molecule is O=C(Cc1cccs1)NNS(=O)(=O)c1cccc(F)c1. The van der Waals surface area contributed by atoms with Gasteiger partial charge in [0.15, 0.2) is 0 Å². The van der Waals surface area contributed by atoms with Gasteiger partial charge in [0.05, 0.1) is 11.3 Å². The lowest BCUT2D eigenvalue weighted by Gasteiger charge is -2.08. The van der Waals surface area contributed by atoms with Gasteiger partial charge in [-0.05, 0) is 29.6 Å². The lowest BCUT2D eigenvalue weighted by atomic mass is 10.3. The molecule has 2 aromatic rings. The molecule has 0 atom stereocenters. The Morgan fingerprint density at radius 2 is 2.05 bits per heavy atom. The van der Waals surface area contributed by atoms with Crippen LogP contribution in [0.5, 0.6) is 0 Å². The monoisotopic (exact) mass is 314 g/mol. The number of amides is 1. The van der Waals surface area contributed by atoms with Crippen LogP contribution in [0.15, 0.2) is 46.7 Å². The van der Waals surface area contributed by atoms with Crippen molar-refractivity contribution in [2.45, 2.75) is 11.3 Å². The first-order valence-electron chi connectivity index (χ1n) is 5.56. The van der Waals surface area contributed by atoms with E-state index in [0.29, 0.717) is 0 Å². The number of sulfonamides is 1. The Morgan fingerprint density at radius 3 is 2.70 bits per heavy atom. The van der Waals surface area contributed by atoms with Gasteiger partial charge in [-0.3, -0.25) is 10.2 Å². The van der Waals surface area contributed by atoms with Gasteiger partial charge < -0.3 is 0 Å². The van der Waals surface area contributed by atoms with E-state index in [9.17, 15) is 17.6 Å². The fourth-order valence-electron chi connectivity index (χ4n) is 1.43. The third-order valence-corrected chi connectivity index (χ3v) is 4.47. The van der Waals surface area contributed by atoms with Gasteiger partial charge >= 0.3 is 0 Å². The molecule has 5 nitrogen and oxygen atoms in total. The van der Waals surface area contributed by atoms with Gasteiger partial charge in [0.25, 0.3) is 10.0 Å². The van der Waals surface area contributed by atoms with E-state index >= 15 is 0 Å². The highest BCUT2D eigenvalue weighted by atomic mass is 32.2. The van der Waals surface area contributed by atoms with Gasteiger partial charge in [0, 0.05) is 4.88 Å². The van der Waals surface area contributed by atoms with Gasteiger partial charge in [0.1, 0.15) is 5.82 Å². The maximum atomic E-state index is 13.0. The van der Waals surface area contributed by atoms with E-state index in [1.54, 1.807) is 12.1 Å². The van der Waals surface area contributed by atoms with Gasteiger partial charge in [-0.1, -0.05) is 12.1 Å². The normalized spacial score (nSPS) is 11.2. The van der Waals surface area contributed by atoms with Crippen LogP contribution >= 0.6 is 11.3 Å². The summed E-state index contributed by atoms with van der Waals surface area (Å²) in [5, 5.41) is 1.82. The van der Waals surface area contributed by atoms with Gasteiger partial charge in [0.2, 0.25) is 5.91 Å². The first kappa shape index (κ1) is 14.6. The van der Waals surface area contributed by atoms with Crippen molar-refractivity contribution in [1.29, 1.82) is 0 Å². The number of thiophene rings is 1. The number of nitrogens with one attached hydrogen (secondary N) is 2. The molecule has 2 rings (SSSR count). The second-order valence-corrected chi connectivity index (χ2v) is 6.58. The molecule has 0 saturated heterocycles. The molecule has 0 aliphatic carbocycles. The van der Waals surface area contributed by atoms with Crippen LogP contribution in [0.3, 0.4) is 0 Å². The standard InChI is InChI=1S/C12H11FN2O3S2/c13-9-3-1-5-11(7-9)20(17,18)15-14-12(16)8-10-4-2-6-19-10/h1-7,15H,8H2,(H,14,16). The van der Waals surface area contributed by atoms with E-state index in [1.165, 1.54) is 23.5 Å². The van der Waals surface area contributed by atoms with Crippen molar-refractivity contribution in [1.82, 2.24) is 10.3 Å². The van der Waals surface area contributed by atoms with Crippen molar-refractivity contribution >= 4 is 27.3 Å². The molecule has 0 spiro atoms. The summed E-state index contributed by atoms with van der Waals surface area (Å²) >= 11 is 1.40. The van der Waals surface area contributed by atoms with Crippen molar-refractivity contribution in [3.63, 3.8) is 0 Å². The number of carbonyl (C=O) groups is 1. The molecular formula is C12H11FN2O3S2. The molecule has 8 heteroatoms. The number of carbonyl (C=O) groups excluding carboxylic acids is 1. The van der Waals surface area contributed by atoms with Crippen molar-refractivity contribution in [3.8, 4) is 0 Å². The largest absolute Gasteiger partial charge is 0.277 e. The van der Waals surface area contributed by atoms with E-state index < -0.39 is 21.7 Å². The van der Waals surface area contributed by atoms with E-state index in [2.05, 4.69) is 5.43 Å². The highest BCUT2D eigenvalue weighted by Crippen LogP contribution is 2.10. The number of rotatable bonds is 5. The van der Waals surface area contributed by atoms with Crippen molar-refractivity contribution in [2.24, 2.45) is 0 Å². The summed E-state index contributed by atoms with van der Waals surface area (Å²) in [7, 11) is -3.98. The molecule has 1 aromatic heterocycles. The van der Waals surface area contributed by atoms with E-state index in [1.807, 2.05) is 10.2 Å². The summed E-state index contributed by atoms with van der Waals surface area (Å²) in [5.41, 5.74) is 2.09. The first-order chi connectivity index (χ1) is 9.47. The van der Waals surface area contributed by atoms with Crippen molar-refractivity contribution in [3.05, 3.63) is 52.5 Å². The zero-order valence-electron chi connectivity index (χ0n) is 10.2. The predicted octanol–water partition coefficient (Wildman–Crippen LogP) is 1.44. The van der Waals surface area contributed by atoms with Gasteiger partial charge in [-0.2, -0.15) is 0 Å². The molecule has 0 fully saturated rings. The Balaban J connectivity index is 1.97. The lowest BCUT2D eigenvalue weighted by molar-refractivity contribution is -0.120. The number of hydrogen-bond donors (Lipinski definition) is 2. The summed E-state index contributed by atoms with van der Waals surface area (Å²) < 4.78 is 36.6. The molecule has 106 valence electrons. The third-order valence-electron chi connectivity index (χ3n) is 2.35. The van der Waals surface area contributed by atoms with E-state index in [-0.39, 0.29) is 11.3 Å². The number of halogens is 1. The molecular weight excluding hydrogens is 303 g/mol. The van der Waals surface area contributed by atoms with E-state index in [4.69, 9.17) is 0 Å². The Morgan fingerprint density at radius 1 is 1.25 bits per heavy atom. The summed E-state index contributed by atoms with van der Waals surface area (Å²) in [6, 6.07) is 8.08. The van der Waals surface area contributed by atoms with Crippen molar-refractivity contribution in [2.75, 3.05) is 0 Å². The molecule has 1 aromatic carbocycles. The van der Waals surface area contributed by atoms with Gasteiger partial charge in [-0.15, -0.1) is 16.2 Å². The minimum Gasteiger partial charge on any atom is -0.277 e. The highest BCUT2D eigenvalue weighted by Gasteiger charge is 2.15. The Bertz CT molecular complexity index is 699. The Hall–Kier alpha value is -1.77. The summed E-state index contributed by atoms with van der Waals surface area (Å²) in [6.45, 7) is 0. The minimum absolute atomic E-state index is 0.0728. The third kappa shape index (κ3) is 3.86. The molecule has 0 aliphatic rings.